The van der Waals surface area contributed by atoms with Gasteiger partial charge in [0.25, 0.3) is 0 Å². The third-order valence-corrected chi connectivity index (χ3v) is 3.53. The highest BCUT2D eigenvalue weighted by Gasteiger charge is 2.34. The highest BCUT2D eigenvalue weighted by Crippen LogP contribution is 2.22. The van der Waals surface area contributed by atoms with Crippen LogP contribution in [0.15, 0.2) is 24.3 Å². The molecule has 5 nitrogen and oxygen atoms in total. The number of benzene rings is 1. The van der Waals surface area contributed by atoms with E-state index in [0.717, 1.165) is 0 Å². The minimum absolute atomic E-state index is 0.0787. The monoisotopic (exact) mass is 295 g/mol. The summed E-state index contributed by atoms with van der Waals surface area (Å²) in [6, 6.07) is 5.72. The van der Waals surface area contributed by atoms with Crippen molar-refractivity contribution >= 4 is 11.9 Å². The van der Waals surface area contributed by atoms with E-state index in [1.807, 2.05) is 0 Å². The van der Waals surface area contributed by atoms with E-state index < -0.39 is 12.1 Å². The number of carboxylic acids is 1. The largest absolute Gasteiger partial charge is 0.491 e. The van der Waals surface area contributed by atoms with Crippen LogP contribution in [0.3, 0.4) is 0 Å². The van der Waals surface area contributed by atoms with Crippen LogP contribution in [-0.2, 0) is 4.79 Å². The molecule has 1 aliphatic heterocycles. The smallest absolute Gasteiger partial charge is 0.335 e. The van der Waals surface area contributed by atoms with Gasteiger partial charge in [-0.15, -0.1) is 0 Å². The molecule has 2 rings (SSSR count). The molecule has 1 heterocycles. The maximum Gasteiger partial charge on any atom is 0.335 e. The summed E-state index contributed by atoms with van der Waals surface area (Å²) in [6.45, 7) is 2.08. The van der Waals surface area contributed by atoms with Crippen LogP contribution < -0.4 is 4.74 Å². The third kappa shape index (κ3) is 3.71. The minimum Gasteiger partial charge on any atom is -0.491 e. The zero-order valence-corrected chi connectivity index (χ0v) is 11.8. The lowest BCUT2D eigenvalue weighted by atomic mass is 10.2. The van der Waals surface area contributed by atoms with E-state index in [0.29, 0.717) is 12.2 Å². The van der Waals surface area contributed by atoms with Crippen LogP contribution in [-0.4, -0.2) is 47.2 Å². The van der Waals surface area contributed by atoms with Gasteiger partial charge in [-0.2, -0.15) is 0 Å². The summed E-state index contributed by atoms with van der Waals surface area (Å²) in [5.74, 6) is -0.575. The Balaban J connectivity index is 1.95. The van der Waals surface area contributed by atoms with Crippen LogP contribution >= 0.6 is 0 Å². The average molecular weight is 295 g/mol. The van der Waals surface area contributed by atoms with Crippen LogP contribution in [0.4, 0.5) is 4.39 Å². The molecule has 2 atom stereocenters. The van der Waals surface area contributed by atoms with E-state index in [9.17, 15) is 14.0 Å². The van der Waals surface area contributed by atoms with Crippen LogP contribution in [0.5, 0.6) is 5.75 Å². The van der Waals surface area contributed by atoms with Gasteiger partial charge in [-0.1, -0.05) is 6.92 Å². The summed E-state index contributed by atoms with van der Waals surface area (Å²) in [6.07, 6.45) is -0.390. The molecule has 0 saturated carbocycles. The minimum atomic E-state index is -1.01. The second kappa shape index (κ2) is 6.56. The van der Waals surface area contributed by atoms with Gasteiger partial charge >= 0.3 is 5.97 Å². The SMILES string of the molecule is CCC(=O)N1C[C@H](F)C[C@H]1COc1ccc(C(=O)O)cc1. The first-order chi connectivity index (χ1) is 10.0. The molecule has 6 heteroatoms. The van der Waals surface area contributed by atoms with E-state index in [-0.39, 0.29) is 37.1 Å². The van der Waals surface area contributed by atoms with E-state index in [1.54, 1.807) is 19.1 Å². The molecule has 0 aromatic heterocycles. The van der Waals surface area contributed by atoms with Gasteiger partial charge in [0, 0.05) is 12.8 Å². The van der Waals surface area contributed by atoms with Crippen molar-refractivity contribution in [2.75, 3.05) is 13.2 Å². The molecule has 1 amide bonds. The first-order valence-electron chi connectivity index (χ1n) is 6.91. The number of carbonyl (C=O) groups excluding carboxylic acids is 1. The molecule has 0 spiro atoms. The zero-order chi connectivity index (χ0) is 15.4. The number of amides is 1. The lowest BCUT2D eigenvalue weighted by Gasteiger charge is -2.24. The first-order valence-corrected chi connectivity index (χ1v) is 6.91. The van der Waals surface area contributed by atoms with Gasteiger partial charge in [0.15, 0.2) is 0 Å². The van der Waals surface area contributed by atoms with Crippen molar-refractivity contribution in [3.8, 4) is 5.75 Å². The molecule has 0 bridgehead atoms. The molecular formula is C15H18FNO4. The predicted molar refractivity (Wildman–Crippen MR) is 74.2 cm³/mol. The van der Waals surface area contributed by atoms with Crippen LogP contribution in [0.25, 0.3) is 0 Å². The maximum absolute atomic E-state index is 13.5. The fourth-order valence-corrected chi connectivity index (χ4v) is 2.41. The Labute approximate surface area is 122 Å². The number of carbonyl (C=O) groups is 2. The van der Waals surface area contributed by atoms with Crippen molar-refractivity contribution in [3.63, 3.8) is 0 Å². The first kappa shape index (κ1) is 15.3. The molecule has 114 valence electrons. The standard InChI is InChI=1S/C15H18FNO4/c1-2-14(18)17-8-11(16)7-12(17)9-21-13-5-3-10(4-6-13)15(19)20/h3-6,11-12H,2,7-9H2,1H3,(H,19,20)/t11-,12+/m1/s1. The second-order valence-electron chi connectivity index (χ2n) is 5.03. The summed E-state index contributed by atoms with van der Waals surface area (Å²) >= 11 is 0. The molecular weight excluding hydrogens is 277 g/mol. The molecule has 1 saturated heterocycles. The molecule has 1 aromatic rings. The number of halogens is 1. The lowest BCUT2D eigenvalue weighted by molar-refractivity contribution is -0.132. The van der Waals surface area contributed by atoms with Crippen molar-refractivity contribution in [1.82, 2.24) is 4.90 Å². The molecule has 1 fully saturated rings. The zero-order valence-electron chi connectivity index (χ0n) is 11.8. The van der Waals surface area contributed by atoms with Crippen LogP contribution in [0.2, 0.25) is 0 Å². The number of alkyl halides is 1. The summed E-state index contributed by atoms with van der Waals surface area (Å²) in [5, 5.41) is 8.80. The normalized spacial score (nSPS) is 21.3. The topological polar surface area (TPSA) is 66.8 Å². The fourth-order valence-electron chi connectivity index (χ4n) is 2.41. The molecule has 0 unspecified atom stereocenters. The number of rotatable bonds is 5. The molecule has 0 radical (unpaired) electrons. The summed E-state index contributed by atoms with van der Waals surface area (Å²) < 4.78 is 19.0. The molecule has 1 aromatic carbocycles. The van der Waals surface area contributed by atoms with Crippen LogP contribution in [0.1, 0.15) is 30.1 Å². The quantitative estimate of drug-likeness (QED) is 0.903. The highest BCUT2D eigenvalue weighted by atomic mass is 19.1. The highest BCUT2D eigenvalue weighted by molar-refractivity contribution is 5.87. The number of aromatic carboxylic acids is 1. The second-order valence-corrected chi connectivity index (χ2v) is 5.03. The Bertz CT molecular complexity index is 517. The predicted octanol–water partition coefficient (Wildman–Crippen LogP) is 2.11. The summed E-state index contributed by atoms with van der Waals surface area (Å²) in [4.78, 5) is 24.0. The molecule has 21 heavy (non-hydrogen) atoms. The average Bonchev–Trinajstić information content (AvgIpc) is 2.85. The number of hydrogen-bond donors (Lipinski definition) is 1. The lowest BCUT2D eigenvalue weighted by Crippen LogP contribution is -2.38. The third-order valence-electron chi connectivity index (χ3n) is 3.53. The molecule has 1 N–H and O–H groups in total. The van der Waals surface area contributed by atoms with Gasteiger partial charge in [0.1, 0.15) is 18.5 Å². The maximum atomic E-state index is 13.5. The van der Waals surface area contributed by atoms with Gasteiger partial charge in [-0.3, -0.25) is 4.79 Å². The van der Waals surface area contributed by atoms with E-state index in [4.69, 9.17) is 9.84 Å². The number of ether oxygens (including phenoxy) is 1. The van der Waals surface area contributed by atoms with Crippen molar-refractivity contribution in [2.45, 2.75) is 32.0 Å². The Morgan fingerprint density at radius 1 is 1.38 bits per heavy atom. The molecule has 0 aliphatic carbocycles. The van der Waals surface area contributed by atoms with Gasteiger partial charge in [0.2, 0.25) is 5.91 Å². The number of likely N-dealkylation sites (tertiary alicyclic amines) is 1. The van der Waals surface area contributed by atoms with Crippen molar-refractivity contribution < 1.29 is 23.8 Å². The Kier molecular flexibility index (Phi) is 4.77. The van der Waals surface area contributed by atoms with Crippen molar-refractivity contribution in [1.29, 1.82) is 0 Å². The van der Waals surface area contributed by atoms with E-state index >= 15 is 0 Å². The molecule has 1 aliphatic rings. The Morgan fingerprint density at radius 3 is 2.62 bits per heavy atom. The van der Waals surface area contributed by atoms with Crippen molar-refractivity contribution in [3.05, 3.63) is 29.8 Å². The summed E-state index contributed by atoms with van der Waals surface area (Å²) in [7, 11) is 0. The Hall–Kier alpha value is -2.11. The van der Waals surface area contributed by atoms with E-state index in [1.165, 1.54) is 17.0 Å². The Morgan fingerprint density at radius 2 is 2.05 bits per heavy atom. The van der Waals surface area contributed by atoms with Gasteiger partial charge < -0.3 is 14.7 Å². The summed E-state index contributed by atoms with van der Waals surface area (Å²) in [5.41, 5.74) is 0.176. The van der Waals surface area contributed by atoms with Crippen LogP contribution in [0, 0.1) is 0 Å². The number of hydrogen-bond acceptors (Lipinski definition) is 3. The number of carboxylic acid groups (broad SMARTS) is 1. The van der Waals surface area contributed by atoms with Gasteiger partial charge in [0.05, 0.1) is 18.2 Å². The van der Waals surface area contributed by atoms with E-state index in [2.05, 4.69) is 0 Å². The van der Waals surface area contributed by atoms with Gasteiger partial charge in [-0.25, -0.2) is 9.18 Å². The fraction of sp³-hybridized carbons (Fsp3) is 0.467. The number of nitrogens with zero attached hydrogens (tertiary/aromatic N) is 1. The van der Waals surface area contributed by atoms with Gasteiger partial charge in [-0.05, 0) is 24.3 Å². The van der Waals surface area contributed by atoms with Crippen molar-refractivity contribution in [2.24, 2.45) is 0 Å².